The minimum absolute atomic E-state index is 0.290. The first kappa shape index (κ1) is 15.7. The number of hydrogen-bond donors (Lipinski definition) is 1. The van der Waals surface area contributed by atoms with Crippen LogP contribution in [0, 0.1) is 21.8 Å². The minimum atomic E-state index is -0.794. The van der Waals surface area contributed by atoms with Crippen LogP contribution in [0.25, 0.3) is 0 Å². The first-order chi connectivity index (χ1) is 9.95. The van der Waals surface area contributed by atoms with Crippen LogP contribution < -0.4 is 5.32 Å². The van der Waals surface area contributed by atoms with Crippen LogP contribution in [-0.2, 0) is 0 Å². The molecule has 1 saturated heterocycles. The lowest BCUT2D eigenvalue weighted by Gasteiger charge is -2.33. The van der Waals surface area contributed by atoms with E-state index in [4.69, 9.17) is 0 Å². The van der Waals surface area contributed by atoms with Crippen molar-refractivity contribution in [1.82, 2.24) is 4.90 Å². The number of nitro benzene ring substituents is 1. The van der Waals surface area contributed by atoms with Crippen LogP contribution in [0.15, 0.2) is 18.2 Å². The van der Waals surface area contributed by atoms with Crippen molar-refractivity contribution in [1.29, 1.82) is 0 Å². The molecular formula is C15H22FN3O2. The molecule has 1 N–H and O–H groups in total. The van der Waals surface area contributed by atoms with Gasteiger partial charge in [-0.15, -0.1) is 0 Å². The van der Waals surface area contributed by atoms with E-state index in [0.29, 0.717) is 17.6 Å². The van der Waals surface area contributed by atoms with Crippen molar-refractivity contribution in [2.75, 3.05) is 25.0 Å². The maximum atomic E-state index is 13.3. The second-order valence-electron chi connectivity index (χ2n) is 6.04. The summed E-state index contributed by atoms with van der Waals surface area (Å²) in [6.45, 7) is 7.58. The van der Waals surface area contributed by atoms with Gasteiger partial charge >= 0.3 is 5.69 Å². The van der Waals surface area contributed by atoms with Crippen molar-refractivity contribution in [2.24, 2.45) is 5.92 Å². The number of halogens is 1. The molecular weight excluding hydrogens is 273 g/mol. The Balaban J connectivity index is 1.92. The number of anilines is 1. The molecule has 1 fully saturated rings. The van der Waals surface area contributed by atoms with Crippen molar-refractivity contribution < 1.29 is 9.31 Å². The molecule has 0 amide bonds. The summed E-state index contributed by atoms with van der Waals surface area (Å²) >= 11 is 0. The molecule has 2 rings (SSSR count). The number of nitrogens with one attached hydrogen (secondary N) is 1. The number of hydrogen-bond acceptors (Lipinski definition) is 4. The van der Waals surface area contributed by atoms with Crippen molar-refractivity contribution >= 4 is 11.4 Å². The molecule has 0 aliphatic carbocycles. The molecule has 116 valence electrons. The molecule has 1 aromatic carbocycles. The average Bonchev–Trinajstić information content (AvgIpc) is 2.42. The average molecular weight is 295 g/mol. The Morgan fingerprint density at radius 3 is 2.67 bits per heavy atom. The van der Waals surface area contributed by atoms with Gasteiger partial charge in [0.05, 0.1) is 4.92 Å². The van der Waals surface area contributed by atoms with E-state index in [1.54, 1.807) is 6.07 Å². The maximum absolute atomic E-state index is 13.3. The molecule has 0 aromatic heterocycles. The van der Waals surface area contributed by atoms with E-state index in [1.807, 2.05) is 0 Å². The Labute approximate surface area is 124 Å². The monoisotopic (exact) mass is 295 g/mol. The van der Waals surface area contributed by atoms with Gasteiger partial charge in [-0.2, -0.15) is 4.39 Å². The summed E-state index contributed by atoms with van der Waals surface area (Å²) in [5.74, 6) is -0.133. The van der Waals surface area contributed by atoms with Crippen LogP contribution in [0.5, 0.6) is 0 Å². The topological polar surface area (TPSA) is 58.4 Å². The molecule has 0 radical (unpaired) electrons. The van der Waals surface area contributed by atoms with Gasteiger partial charge in [0.15, 0.2) is 0 Å². The highest BCUT2D eigenvalue weighted by Gasteiger charge is 2.21. The van der Waals surface area contributed by atoms with E-state index in [-0.39, 0.29) is 0 Å². The predicted octanol–water partition coefficient (Wildman–Crippen LogP) is 3.27. The smallest absolute Gasteiger partial charge is 0.306 e. The third-order valence-corrected chi connectivity index (χ3v) is 3.72. The molecule has 0 saturated carbocycles. The Bertz CT molecular complexity index is 500. The van der Waals surface area contributed by atoms with E-state index < -0.39 is 16.4 Å². The van der Waals surface area contributed by atoms with Crippen molar-refractivity contribution in [2.45, 2.75) is 32.7 Å². The molecule has 1 aromatic rings. The Morgan fingerprint density at radius 1 is 1.43 bits per heavy atom. The fourth-order valence-electron chi connectivity index (χ4n) is 2.75. The Morgan fingerprint density at radius 2 is 2.10 bits per heavy atom. The van der Waals surface area contributed by atoms with E-state index in [9.17, 15) is 14.5 Å². The molecule has 0 atom stereocenters. The SMILES string of the molecule is CC(C)CN1CCC(Nc2ccc(F)c([N+](=O)[O-])c2)CC1. The molecule has 21 heavy (non-hydrogen) atoms. The van der Waals surface area contributed by atoms with Gasteiger partial charge in [0.2, 0.25) is 5.82 Å². The predicted molar refractivity (Wildman–Crippen MR) is 81.0 cm³/mol. The summed E-state index contributed by atoms with van der Waals surface area (Å²) in [6.07, 6.45) is 2.00. The molecule has 1 aliphatic rings. The minimum Gasteiger partial charge on any atom is -0.382 e. The van der Waals surface area contributed by atoms with Gasteiger partial charge < -0.3 is 10.2 Å². The standard InChI is InChI=1S/C15H22FN3O2/c1-11(2)10-18-7-5-12(6-8-18)17-13-3-4-14(16)15(9-13)19(20)21/h3-4,9,11-12,17H,5-8,10H2,1-2H3. The quantitative estimate of drug-likeness (QED) is 0.669. The highest BCUT2D eigenvalue weighted by Crippen LogP contribution is 2.24. The number of nitro groups is 1. The van der Waals surface area contributed by atoms with Gasteiger partial charge in [-0.25, -0.2) is 0 Å². The number of piperidine rings is 1. The fourth-order valence-corrected chi connectivity index (χ4v) is 2.75. The summed E-state index contributed by atoms with van der Waals surface area (Å²) in [7, 11) is 0. The molecule has 0 spiro atoms. The van der Waals surface area contributed by atoms with Gasteiger partial charge in [0.1, 0.15) is 0 Å². The number of likely N-dealkylation sites (tertiary alicyclic amines) is 1. The van der Waals surface area contributed by atoms with Crippen LogP contribution in [0.2, 0.25) is 0 Å². The highest BCUT2D eigenvalue weighted by atomic mass is 19.1. The Hall–Kier alpha value is -1.69. The van der Waals surface area contributed by atoms with E-state index in [1.165, 1.54) is 6.07 Å². The first-order valence-electron chi connectivity index (χ1n) is 7.38. The molecule has 0 bridgehead atoms. The normalized spacial score (nSPS) is 17.1. The summed E-state index contributed by atoms with van der Waals surface area (Å²) in [4.78, 5) is 12.5. The zero-order valence-electron chi connectivity index (χ0n) is 12.5. The van der Waals surface area contributed by atoms with Crippen LogP contribution in [-0.4, -0.2) is 35.5 Å². The van der Waals surface area contributed by atoms with Gasteiger partial charge in [-0.1, -0.05) is 13.8 Å². The summed E-state index contributed by atoms with van der Waals surface area (Å²) in [5, 5.41) is 14.0. The van der Waals surface area contributed by atoms with Crippen LogP contribution in [0.3, 0.4) is 0 Å². The second kappa shape index (κ2) is 6.85. The number of rotatable bonds is 5. The van der Waals surface area contributed by atoms with Crippen molar-refractivity contribution in [3.63, 3.8) is 0 Å². The van der Waals surface area contributed by atoms with E-state index in [0.717, 1.165) is 38.5 Å². The van der Waals surface area contributed by atoms with Crippen molar-refractivity contribution in [3.05, 3.63) is 34.1 Å². The summed E-state index contributed by atoms with van der Waals surface area (Å²) in [5.41, 5.74) is 0.141. The van der Waals surface area contributed by atoms with Gasteiger partial charge in [0, 0.05) is 37.4 Å². The molecule has 0 unspecified atom stereocenters. The van der Waals surface area contributed by atoms with Crippen LogP contribution >= 0.6 is 0 Å². The molecule has 5 nitrogen and oxygen atoms in total. The molecule has 6 heteroatoms. The first-order valence-corrected chi connectivity index (χ1v) is 7.38. The van der Waals surface area contributed by atoms with E-state index in [2.05, 4.69) is 24.1 Å². The summed E-state index contributed by atoms with van der Waals surface area (Å²) in [6, 6.07) is 4.27. The van der Waals surface area contributed by atoms with Gasteiger partial charge in [-0.05, 0) is 30.9 Å². The third kappa shape index (κ3) is 4.39. The van der Waals surface area contributed by atoms with Gasteiger partial charge in [-0.3, -0.25) is 10.1 Å². The zero-order valence-corrected chi connectivity index (χ0v) is 12.5. The fraction of sp³-hybridized carbons (Fsp3) is 0.600. The zero-order chi connectivity index (χ0) is 15.4. The van der Waals surface area contributed by atoms with Crippen LogP contribution in [0.1, 0.15) is 26.7 Å². The van der Waals surface area contributed by atoms with Crippen LogP contribution in [0.4, 0.5) is 15.8 Å². The van der Waals surface area contributed by atoms with Gasteiger partial charge in [0.25, 0.3) is 0 Å². The highest BCUT2D eigenvalue weighted by molar-refractivity contribution is 5.52. The summed E-state index contributed by atoms with van der Waals surface area (Å²) < 4.78 is 13.3. The third-order valence-electron chi connectivity index (χ3n) is 3.72. The number of benzene rings is 1. The lowest BCUT2D eigenvalue weighted by molar-refractivity contribution is -0.387. The maximum Gasteiger partial charge on any atom is 0.306 e. The molecule has 1 heterocycles. The second-order valence-corrected chi connectivity index (χ2v) is 6.04. The largest absolute Gasteiger partial charge is 0.382 e. The lowest BCUT2D eigenvalue weighted by atomic mass is 10.0. The van der Waals surface area contributed by atoms with E-state index >= 15 is 0 Å². The lowest BCUT2D eigenvalue weighted by Crippen LogP contribution is -2.40. The molecule has 1 aliphatic heterocycles. The Kier molecular flexibility index (Phi) is 5.12. The number of nitrogens with zero attached hydrogens (tertiary/aromatic N) is 2. The van der Waals surface area contributed by atoms with Crippen molar-refractivity contribution in [3.8, 4) is 0 Å².